The van der Waals surface area contributed by atoms with Gasteiger partial charge in [0.2, 0.25) is 0 Å². The second-order valence-corrected chi connectivity index (χ2v) is 5.99. The van der Waals surface area contributed by atoms with Crippen LogP contribution in [0.3, 0.4) is 0 Å². The van der Waals surface area contributed by atoms with Crippen molar-refractivity contribution in [1.82, 2.24) is 15.1 Å². The number of carbonyl (C=O) groups is 2. The summed E-state index contributed by atoms with van der Waals surface area (Å²) < 4.78 is 6.52. The van der Waals surface area contributed by atoms with Crippen molar-refractivity contribution in [3.63, 3.8) is 0 Å². The Kier molecular flexibility index (Phi) is 5.33. The van der Waals surface area contributed by atoms with E-state index < -0.39 is 5.97 Å². The number of hydrogen-bond acceptors (Lipinski definition) is 4. The van der Waals surface area contributed by atoms with Crippen LogP contribution in [0, 0.1) is 0 Å². The SMILES string of the molecule is CCOC(=O)c1ccn(-c2ccc(NC(=O)NC3CCCC3)cc2)n1. The maximum absolute atomic E-state index is 12.0. The van der Waals surface area contributed by atoms with Crippen LogP contribution in [0.15, 0.2) is 36.5 Å². The molecule has 1 aliphatic carbocycles. The summed E-state index contributed by atoms with van der Waals surface area (Å²) in [6, 6.07) is 8.97. The monoisotopic (exact) mass is 342 g/mol. The zero-order chi connectivity index (χ0) is 17.6. The molecule has 1 heterocycles. The first-order chi connectivity index (χ1) is 12.2. The summed E-state index contributed by atoms with van der Waals surface area (Å²) in [4.78, 5) is 23.6. The minimum Gasteiger partial charge on any atom is -0.461 e. The normalized spacial score (nSPS) is 14.3. The molecule has 0 bridgehead atoms. The molecule has 1 fully saturated rings. The van der Waals surface area contributed by atoms with Crippen molar-refractivity contribution in [2.75, 3.05) is 11.9 Å². The van der Waals surface area contributed by atoms with E-state index in [1.54, 1.807) is 36.0 Å². The number of amides is 2. The van der Waals surface area contributed by atoms with Crippen LogP contribution >= 0.6 is 0 Å². The Bertz CT molecular complexity index is 733. The van der Waals surface area contributed by atoms with E-state index in [1.807, 2.05) is 12.1 Å². The number of esters is 1. The molecule has 2 N–H and O–H groups in total. The van der Waals surface area contributed by atoms with Gasteiger partial charge in [0.1, 0.15) is 0 Å². The molecule has 0 radical (unpaired) electrons. The van der Waals surface area contributed by atoms with Crippen molar-refractivity contribution >= 4 is 17.7 Å². The molecule has 3 rings (SSSR count). The van der Waals surface area contributed by atoms with E-state index in [1.165, 1.54) is 12.8 Å². The van der Waals surface area contributed by atoms with Crippen LogP contribution in [-0.4, -0.2) is 34.4 Å². The van der Waals surface area contributed by atoms with Gasteiger partial charge in [0, 0.05) is 17.9 Å². The number of urea groups is 1. The topological polar surface area (TPSA) is 85.2 Å². The zero-order valence-corrected chi connectivity index (χ0v) is 14.2. The van der Waals surface area contributed by atoms with Gasteiger partial charge in [-0.2, -0.15) is 5.10 Å². The Morgan fingerprint density at radius 1 is 1.20 bits per heavy atom. The Labute approximate surface area is 146 Å². The van der Waals surface area contributed by atoms with E-state index in [9.17, 15) is 9.59 Å². The van der Waals surface area contributed by atoms with Gasteiger partial charge >= 0.3 is 12.0 Å². The van der Waals surface area contributed by atoms with Gasteiger partial charge in [-0.3, -0.25) is 0 Å². The number of carbonyl (C=O) groups excluding carboxylic acids is 2. The average Bonchev–Trinajstić information content (AvgIpc) is 3.27. The van der Waals surface area contributed by atoms with E-state index in [2.05, 4.69) is 15.7 Å². The highest BCUT2D eigenvalue weighted by molar-refractivity contribution is 5.89. The molecule has 2 aromatic rings. The fraction of sp³-hybridized carbons (Fsp3) is 0.389. The first-order valence-electron chi connectivity index (χ1n) is 8.56. The van der Waals surface area contributed by atoms with E-state index in [0.29, 0.717) is 12.3 Å². The lowest BCUT2D eigenvalue weighted by Gasteiger charge is -2.13. The summed E-state index contributed by atoms with van der Waals surface area (Å²) in [5, 5.41) is 10.0. The lowest BCUT2D eigenvalue weighted by atomic mass is 10.2. The highest BCUT2D eigenvalue weighted by atomic mass is 16.5. The van der Waals surface area contributed by atoms with Gasteiger partial charge in [-0.25, -0.2) is 14.3 Å². The van der Waals surface area contributed by atoms with Crippen LogP contribution < -0.4 is 10.6 Å². The molecule has 0 atom stereocenters. The van der Waals surface area contributed by atoms with Crippen LogP contribution in [0.5, 0.6) is 0 Å². The number of benzene rings is 1. The second kappa shape index (κ2) is 7.83. The molecule has 1 saturated carbocycles. The highest BCUT2D eigenvalue weighted by Gasteiger charge is 2.17. The largest absolute Gasteiger partial charge is 0.461 e. The standard InChI is InChI=1S/C18H22N4O3/c1-2-25-17(23)16-11-12-22(21-16)15-9-7-14(8-10-15)20-18(24)19-13-5-3-4-6-13/h7-13H,2-6H2,1H3,(H2,19,20,24). The van der Waals surface area contributed by atoms with E-state index in [4.69, 9.17) is 4.74 Å². The quantitative estimate of drug-likeness (QED) is 0.818. The van der Waals surface area contributed by atoms with Crippen molar-refractivity contribution in [2.24, 2.45) is 0 Å². The smallest absolute Gasteiger partial charge is 0.358 e. The van der Waals surface area contributed by atoms with Crippen molar-refractivity contribution < 1.29 is 14.3 Å². The molecule has 0 unspecified atom stereocenters. The molecular weight excluding hydrogens is 320 g/mol. The van der Waals surface area contributed by atoms with Gasteiger partial charge in [0.15, 0.2) is 5.69 Å². The number of rotatable bonds is 5. The number of anilines is 1. The van der Waals surface area contributed by atoms with Crippen LogP contribution in [0.2, 0.25) is 0 Å². The third kappa shape index (κ3) is 4.37. The summed E-state index contributed by atoms with van der Waals surface area (Å²) in [7, 11) is 0. The first-order valence-corrected chi connectivity index (χ1v) is 8.56. The summed E-state index contributed by atoms with van der Waals surface area (Å²) in [6.07, 6.45) is 6.15. The van der Waals surface area contributed by atoms with E-state index >= 15 is 0 Å². The average molecular weight is 342 g/mol. The molecule has 0 aliphatic heterocycles. The minimum atomic E-state index is -0.442. The Morgan fingerprint density at radius 3 is 2.60 bits per heavy atom. The second-order valence-electron chi connectivity index (χ2n) is 5.99. The van der Waals surface area contributed by atoms with Gasteiger partial charge in [-0.1, -0.05) is 12.8 Å². The fourth-order valence-corrected chi connectivity index (χ4v) is 2.90. The highest BCUT2D eigenvalue weighted by Crippen LogP contribution is 2.18. The number of aromatic nitrogens is 2. The summed E-state index contributed by atoms with van der Waals surface area (Å²) in [5.74, 6) is -0.442. The third-order valence-corrected chi connectivity index (χ3v) is 4.15. The number of nitrogens with one attached hydrogen (secondary N) is 2. The van der Waals surface area contributed by atoms with Gasteiger partial charge in [-0.15, -0.1) is 0 Å². The third-order valence-electron chi connectivity index (χ3n) is 4.15. The molecule has 0 spiro atoms. The van der Waals surface area contributed by atoms with Gasteiger partial charge in [-0.05, 0) is 50.1 Å². The molecule has 1 aromatic carbocycles. The van der Waals surface area contributed by atoms with E-state index in [-0.39, 0.29) is 17.8 Å². The molecule has 7 nitrogen and oxygen atoms in total. The Balaban J connectivity index is 1.60. The molecule has 1 aromatic heterocycles. The molecule has 25 heavy (non-hydrogen) atoms. The van der Waals surface area contributed by atoms with Crippen LogP contribution in [0.4, 0.5) is 10.5 Å². The molecule has 1 aliphatic rings. The van der Waals surface area contributed by atoms with Crippen molar-refractivity contribution in [3.8, 4) is 5.69 Å². The van der Waals surface area contributed by atoms with Crippen molar-refractivity contribution in [2.45, 2.75) is 38.6 Å². The zero-order valence-electron chi connectivity index (χ0n) is 14.2. The van der Waals surface area contributed by atoms with Crippen LogP contribution in [-0.2, 0) is 4.74 Å². The van der Waals surface area contributed by atoms with Gasteiger partial charge < -0.3 is 15.4 Å². The molecule has 0 saturated heterocycles. The summed E-state index contributed by atoms with van der Waals surface area (Å²) in [6.45, 7) is 2.07. The molecule has 2 amide bonds. The van der Waals surface area contributed by atoms with Crippen LogP contribution in [0.25, 0.3) is 5.69 Å². The van der Waals surface area contributed by atoms with Crippen molar-refractivity contribution in [1.29, 1.82) is 0 Å². The predicted octanol–water partition coefficient (Wildman–Crippen LogP) is 3.11. The first kappa shape index (κ1) is 17.0. The summed E-state index contributed by atoms with van der Waals surface area (Å²) in [5.41, 5.74) is 1.76. The lowest BCUT2D eigenvalue weighted by molar-refractivity contribution is 0.0519. The maximum atomic E-state index is 12.0. The Hall–Kier alpha value is -2.83. The lowest BCUT2D eigenvalue weighted by Crippen LogP contribution is -2.36. The van der Waals surface area contributed by atoms with Gasteiger partial charge in [0.05, 0.1) is 12.3 Å². The maximum Gasteiger partial charge on any atom is 0.358 e. The minimum absolute atomic E-state index is 0.177. The van der Waals surface area contributed by atoms with Crippen LogP contribution in [0.1, 0.15) is 43.1 Å². The van der Waals surface area contributed by atoms with Crippen molar-refractivity contribution in [3.05, 3.63) is 42.2 Å². The summed E-state index contributed by atoms with van der Waals surface area (Å²) >= 11 is 0. The molecular formula is C18H22N4O3. The van der Waals surface area contributed by atoms with E-state index in [0.717, 1.165) is 18.5 Å². The predicted molar refractivity (Wildman–Crippen MR) is 93.9 cm³/mol. The Morgan fingerprint density at radius 2 is 1.92 bits per heavy atom. The molecule has 7 heteroatoms. The molecule has 132 valence electrons. The number of ether oxygens (including phenoxy) is 1. The number of nitrogens with zero attached hydrogens (tertiary/aromatic N) is 2. The number of hydrogen-bond donors (Lipinski definition) is 2. The fourth-order valence-electron chi connectivity index (χ4n) is 2.90. The van der Waals surface area contributed by atoms with Gasteiger partial charge in [0.25, 0.3) is 0 Å².